The maximum absolute atomic E-state index is 9.68. The van der Waals surface area contributed by atoms with Crippen LogP contribution in [0.1, 0.15) is 11.1 Å². The highest BCUT2D eigenvalue weighted by Gasteiger charge is 2.21. The molecule has 0 aliphatic heterocycles. The Morgan fingerprint density at radius 2 is 0.709 bits per heavy atom. The van der Waals surface area contributed by atoms with Crippen LogP contribution in [-0.4, -0.2) is 13.7 Å². The van der Waals surface area contributed by atoms with Crippen LogP contribution in [0.15, 0.2) is 176 Å². The van der Waals surface area contributed by atoms with Crippen molar-refractivity contribution in [2.75, 3.05) is 0 Å². The van der Waals surface area contributed by atoms with Crippen LogP contribution in [0.25, 0.3) is 93.6 Å². The Labute approximate surface area is 316 Å². The number of para-hydroxylation sites is 3. The lowest BCUT2D eigenvalue weighted by molar-refractivity contribution is 1.17. The van der Waals surface area contributed by atoms with Crippen LogP contribution in [0.3, 0.4) is 0 Å². The summed E-state index contributed by atoms with van der Waals surface area (Å²) in [5.74, 6) is 0. The Morgan fingerprint density at radius 1 is 0.309 bits per heavy atom. The predicted molar refractivity (Wildman–Crippen MR) is 224 cm³/mol. The first kappa shape index (κ1) is 30.7. The van der Waals surface area contributed by atoms with Crippen LogP contribution >= 0.6 is 0 Å². The van der Waals surface area contributed by atoms with Crippen molar-refractivity contribution in [3.8, 4) is 40.3 Å². The highest BCUT2D eigenvalue weighted by Crippen LogP contribution is 2.43. The van der Waals surface area contributed by atoms with E-state index >= 15 is 0 Å². The smallest absolute Gasteiger partial charge is 0.0991 e. The summed E-state index contributed by atoms with van der Waals surface area (Å²) >= 11 is 0. The summed E-state index contributed by atoms with van der Waals surface area (Å²) in [6.07, 6.45) is 0. The van der Waals surface area contributed by atoms with Gasteiger partial charge in [-0.15, -0.1) is 0 Å². The van der Waals surface area contributed by atoms with Gasteiger partial charge >= 0.3 is 0 Å². The quantitative estimate of drug-likeness (QED) is 0.184. The number of aromatic nitrogens is 3. The molecule has 5 heteroatoms. The van der Waals surface area contributed by atoms with Gasteiger partial charge < -0.3 is 13.7 Å². The minimum Gasteiger partial charge on any atom is -0.309 e. The summed E-state index contributed by atoms with van der Waals surface area (Å²) < 4.78 is 7.01. The van der Waals surface area contributed by atoms with Crippen molar-refractivity contribution in [2.45, 2.75) is 0 Å². The molecule has 5 nitrogen and oxygen atoms in total. The van der Waals surface area contributed by atoms with Crippen LogP contribution in [0.2, 0.25) is 0 Å². The molecule has 0 saturated carbocycles. The molecule has 0 saturated heterocycles. The Kier molecular flexibility index (Phi) is 6.61. The second-order valence-corrected chi connectivity index (χ2v) is 14.0. The van der Waals surface area contributed by atoms with E-state index in [0.29, 0.717) is 11.1 Å². The van der Waals surface area contributed by atoms with Gasteiger partial charge in [-0.05, 0) is 108 Å². The molecular weight excluding hydrogens is 671 g/mol. The fourth-order valence-electron chi connectivity index (χ4n) is 8.74. The topological polar surface area (TPSA) is 62.4 Å². The number of nitrogens with zero attached hydrogens (tertiary/aromatic N) is 5. The molecule has 0 fully saturated rings. The van der Waals surface area contributed by atoms with Crippen molar-refractivity contribution in [1.82, 2.24) is 13.7 Å². The van der Waals surface area contributed by atoms with Crippen molar-refractivity contribution < 1.29 is 0 Å². The lowest BCUT2D eigenvalue weighted by Crippen LogP contribution is -1.96. The van der Waals surface area contributed by atoms with E-state index in [-0.39, 0.29) is 0 Å². The Hall–Kier alpha value is -7.86. The van der Waals surface area contributed by atoms with E-state index in [0.717, 1.165) is 61.0 Å². The van der Waals surface area contributed by atoms with Crippen molar-refractivity contribution in [3.05, 3.63) is 187 Å². The third kappa shape index (κ3) is 4.51. The second-order valence-electron chi connectivity index (χ2n) is 14.0. The molecule has 0 unspecified atom stereocenters. The van der Waals surface area contributed by atoms with Gasteiger partial charge in [-0.3, -0.25) is 0 Å². The van der Waals surface area contributed by atoms with E-state index in [1.807, 2.05) is 36.4 Å². The van der Waals surface area contributed by atoms with E-state index in [9.17, 15) is 10.5 Å². The lowest BCUT2D eigenvalue weighted by atomic mass is 10.0. The zero-order valence-electron chi connectivity index (χ0n) is 29.5. The fraction of sp³-hybridized carbons (Fsp3) is 0. The van der Waals surface area contributed by atoms with E-state index in [1.165, 1.54) is 32.6 Å². The summed E-state index contributed by atoms with van der Waals surface area (Å²) in [4.78, 5) is 0. The molecule has 11 aromatic rings. The van der Waals surface area contributed by atoms with Gasteiger partial charge in [-0.1, -0.05) is 78.9 Å². The number of rotatable bonds is 4. The highest BCUT2D eigenvalue weighted by molar-refractivity contribution is 6.29. The number of hydrogen-bond donors (Lipinski definition) is 0. The fourth-order valence-corrected chi connectivity index (χ4v) is 8.74. The molecule has 0 spiro atoms. The van der Waals surface area contributed by atoms with Gasteiger partial charge in [-0.25, -0.2) is 0 Å². The summed E-state index contributed by atoms with van der Waals surface area (Å²) in [7, 11) is 0. The van der Waals surface area contributed by atoms with E-state index in [4.69, 9.17) is 0 Å². The molecule has 8 aromatic carbocycles. The van der Waals surface area contributed by atoms with Gasteiger partial charge in [0.15, 0.2) is 0 Å². The summed E-state index contributed by atoms with van der Waals surface area (Å²) in [6.45, 7) is 0. The maximum atomic E-state index is 9.68. The molecule has 0 radical (unpaired) electrons. The molecule has 0 amide bonds. The summed E-state index contributed by atoms with van der Waals surface area (Å²) in [5.41, 5.74) is 13.3. The third-order valence-electron chi connectivity index (χ3n) is 11.1. The average molecular weight is 700 g/mol. The van der Waals surface area contributed by atoms with E-state index in [1.54, 1.807) is 0 Å². The molecular formula is C50H29N5. The first-order valence-electron chi connectivity index (χ1n) is 18.3. The van der Waals surface area contributed by atoms with Gasteiger partial charge in [-0.2, -0.15) is 10.5 Å². The molecule has 55 heavy (non-hydrogen) atoms. The van der Waals surface area contributed by atoms with Crippen LogP contribution < -0.4 is 0 Å². The Bertz CT molecular complexity index is 3380. The van der Waals surface area contributed by atoms with E-state index < -0.39 is 0 Å². The number of fused-ring (bicyclic) bond motifs is 10. The van der Waals surface area contributed by atoms with Gasteiger partial charge in [0.2, 0.25) is 0 Å². The van der Waals surface area contributed by atoms with Gasteiger partial charge in [0, 0.05) is 49.4 Å². The Morgan fingerprint density at radius 3 is 1.22 bits per heavy atom. The zero-order valence-corrected chi connectivity index (χ0v) is 29.5. The summed E-state index contributed by atoms with van der Waals surface area (Å²) in [6, 6.07) is 66.2. The minimum atomic E-state index is 0.590. The van der Waals surface area contributed by atoms with Gasteiger partial charge in [0.25, 0.3) is 0 Å². The SMILES string of the molecule is N#Cc1ccc2c(c1)c1cc(C#N)ccc1n2-c1cccc(-c2cccc(-n3c4ccccc4c4c5c6ccccc6n(-c6ccccc6)c5ccc43)c2)c1. The normalized spacial score (nSPS) is 11.6. The third-order valence-corrected chi connectivity index (χ3v) is 11.1. The molecule has 0 aliphatic rings. The molecule has 0 atom stereocenters. The first-order valence-corrected chi connectivity index (χ1v) is 18.3. The lowest BCUT2D eigenvalue weighted by Gasteiger charge is -2.13. The van der Waals surface area contributed by atoms with Crippen LogP contribution in [-0.2, 0) is 0 Å². The van der Waals surface area contributed by atoms with Gasteiger partial charge in [0.1, 0.15) is 0 Å². The Balaban J connectivity index is 1.11. The van der Waals surface area contributed by atoms with Gasteiger partial charge in [0.05, 0.1) is 56.4 Å². The maximum Gasteiger partial charge on any atom is 0.0991 e. The van der Waals surface area contributed by atoms with Crippen LogP contribution in [0.4, 0.5) is 0 Å². The summed E-state index contributed by atoms with van der Waals surface area (Å²) in [5, 5.41) is 26.2. The molecule has 11 rings (SSSR count). The highest BCUT2D eigenvalue weighted by atomic mass is 15.0. The number of hydrogen-bond acceptors (Lipinski definition) is 2. The van der Waals surface area contributed by atoms with Crippen molar-refractivity contribution in [1.29, 1.82) is 10.5 Å². The second kappa shape index (κ2) is 11.8. The largest absolute Gasteiger partial charge is 0.309 e. The number of benzene rings is 8. The molecule has 3 aromatic heterocycles. The molecule has 254 valence electrons. The molecule has 0 N–H and O–H groups in total. The van der Waals surface area contributed by atoms with Crippen molar-refractivity contribution >= 4 is 65.4 Å². The standard InChI is InChI=1S/C50H29N5/c51-30-32-20-22-45-41(26-32)42-27-33(31-52)21-23-46(42)54(45)37-14-8-10-34(28-37)35-11-9-15-38(29-35)55-44-19-7-5-17-40(44)50-48(55)25-24-47-49(50)39-16-4-6-18-43(39)53(47)36-12-2-1-3-13-36/h1-29H. The average Bonchev–Trinajstić information content (AvgIpc) is 3.89. The molecule has 0 aliphatic carbocycles. The van der Waals surface area contributed by atoms with Crippen LogP contribution in [0.5, 0.6) is 0 Å². The molecule has 3 heterocycles. The first-order chi connectivity index (χ1) is 27.2. The monoisotopic (exact) mass is 699 g/mol. The van der Waals surface area contributed by atoms with E-state index in [2.05, 4.69) is 165 Å². The van der Waals surface area contributed by atoms with Crippen LogP contribution in [0, 0.1) is 22.7 Å². The van der Waals surface area contributed by atoms with Crippen molar-refractivity contribution in [2.24, 2.45) is 0 Å². The predicted octanol–water partition coefficient (Wildman–Crippen LogP) is 12.4. The zero-order chi connectivity index (χ0) is 36.6. The minimum absolute atomic E-state index is 0.590. The number of nitriles is 2. The molecule has 0 bridgehead atoms. The van der Waals surface area contributed by atoms with Crippen molar-refractivity contribution in [3.63, 3.8) is 0 Å².